The zero-order chi connectivity index (χ0) is 17.2. The molecule has 1 aliphatic heterocycles. The van der Waals surface area contributed by atoms with E-state index in [1.54, 1.807) is 13.0 Å². The van der Waals surface area contributed by atoms with Crippen LogP contribution in [0.4, 0.5) is 0 Å². The maximum absolute atomic E-state index is 11.8. The Morgan fingerprint density at radius 1 is 1.42 bits per heavy atom. The van der Waals surface area contributed by atoms with Crippen molar-refractivity contribution >= 4 is 22.9 Å². The van der Waals surface area contributed by atoms with Gasteiger partial charge in [0.25, 0.3) is 0 Å². The minimum atomic E-state index is -0.913. The van der Waals surface area contributed by atoms with Crippen LogP contribution in [0.5, 0.6) is 0 Å². The molecule has 2 atom stereocenters. The first-order chi connectivity index (χ1) is 11.5. The first kappa shape index (κ1) is 16.7. The highest BCUT2D eigenvalue weighted by Gasteiger charge is 2.41. The molecule has 0 saturated carbocycles. The summed E-state index contributed by atoms with van der Waals surface area (Å²) in [6.45, 7) is 5.01. The van der Waals surface area contributed by atoms with E-state index < -0.39 is 11.4 Å². The molecule has 3 rings (SSSR count). The number of pyridine rings is 1. The number of fused-ring (bicyclic) bond motifs is 1. The maximum atomic E-state index is 11.8. The number of hydrogen-bond acceptors (Lipinski definition) is 3. The summed E-state index contributed by atoms with van der Waals surface area (Å²) in [4.78, 5) is 16.4. The van der Waals surface area contributed by atoms with Gasteiger partial charge in [-0.05, 0) is 37.5 Å². The van der Waals surface area contributed by atoms with E-state index in [4.69, 9.17) is 4.74 Å². The number of carboxylic acid groups (broad SMARTS) is 1. The van der Waals surface area contributed by atoms with Gasteiger partial charge in [0.05, 0.1) is 17.5 Å². The number of aryl methyl sites for hydroxylation is 1. The number of benzene rings is 1. The van der Waals surface area contributed by atoms with E-state index >= 15 is 0 Å². The summed E-state index contributed by atoms with van der Waals surface area (Å²) in [5.41, 5.74) is 2.05. The van der Waals surface area contributed by atoms with Crippen molar-refractivity contribution in [2.75, 3.05) is 13.2 Å². The summed E-state index contributed by atoms with van der Waals surface area (Å²) in [5, 5.41) is 10.8. The van der Waals surface area contributed by atoms with Gasteiger partial charge in [0.15, 0.2) is 0 Å². The van der Waals surface area contributed by atoms with Gasteiger partial charge in [0.1, 0.15) is 0 Å². The topological polar surface area (TPSA) is 59.4 Å². The highest BCUT2D eigenvalue weighted by atomic mass is 16.5. The number of carboxylic acids is 1. The second-order valence-corrected chi connectivity index (χ2v) is 6.59. The first-order valence-electron chi connectivity index (χ1n) is 8.43. The Labute approximate surface area is 142 Å². The second kappa shape index (κ2) is 6.73. The molecule has 0 aliphatic carbocycles. The van der Waals surface area contributed by atoms with E-state index in [0.29, 0.717) is 13.2 Å². The second-order valence-electron chi connectivity index (χ2n) is 6.59. The fraction of sp³-hybridized carbons (Fsp3) is 0.400. The predicted molar refractivity (Wildman–Crippen MR) is 94.8 cm³/mol. The van der Waals surface area contributed by atoms with Crippen molar-refractivity contribution in [1.29, 1.82) is 0 Å². The maximum Gasteiger partial charge on any atom is 0.313 e. The average Bonchev–Trinajstić information content (AvgIpc) is 3.13. The van der Waals surface area contributed by atoms with Gasteiger partial charge in [0, 0.05) is 23.6 Å². The largest absolute Gasteiger partial charge is 0.481 e. The monoisotopic (exact) mass is 325 g/mol. The summed E-state index contributed by atoms with van der Waals surface area (Å²) in [5.74, 6) is -0.794. The molecule has 1 fully saturated rings. The van der Waals surface area contributed by atoms with Gasteiger partial charge in [-0.25, -0.2) is 0 Å². The van der Waals surface area contributed by atoms with Crippen molar-refractivity contribution in [1.82, 2.24) is 4.98 Å². The molecule has 24 heavy (non-hydrogen) atoms. The molecule has 4 heteroatoms. The molecular formula is C20H23NO3. The molecule has 2 unspecified atom stereocenters. The Morgan fingerprint density at radius 2 is 2.21 bits per heavy atom. The Hall–Kier alpha value is -2.20. The minimum Gasteiger partial charge on any atom is -0.481 e. The van der Waals surface area contributed by atoms with Crippen LogP contribution >= 0.6 is 0 Å². The molecule has 2 aromatic rings. The Balaban J connectivity index is 1.91. The predicted octanol–water partition coefficient (Wildman–Crippen LogP) is 3.94. The lowest BCUT2D eigenvalue weighted by atomic mass is 9.76. The zero-order valence-corrected chi connectivity index (χ0v) is 14.2. The minimum absolute atomic E-state index is 0.0107. The van der Waals surface area contributed by atoms with Crippen LogP contribution in [0.15, 0.2) is 36.4 Å². The van der Waals surface area contributed by atoms with Gasteiger partial charge in [-0.15, -0.1) is 0 Å². The number of rotatable bonds is 5. The van der Waals surface area contributed by atoms with Crippen LogP contribution in [0.3, 0.4) is 0 Å². The van der Waals surface area contributed by atoms with Crippen LogP contribution in [0, 0.1) is 11.3 Å². The highest BCUT2D eigenvalue weighted by Crippen LogP contribution is 2.36. The molecule has 1 aliphatic rings. The third-order valence-electron chi connectivity index (χ3n) is 5.00. The van der Waals surface area contributed by atoms with E-state index in [2.05, 4.69) is 18.0 Å². The van der Waals surface area contributed by atoms with Crippen LogP contribution in [0.25, 0.3) is 17.0 Å². The molecule has 2 heterocycles. The van der Waals surface area contributed by atoms with Gasteiger partial charge in [0.2, 0.25) is 0 Å². The Morgan fingerprint density at radius 3 is 2.88 bits per heavy atom. The summed E-state index contributed by atoms with van der Waals surface area (Å²) < 4.78 is 5.38. The fourth-order valence-corrected chi connectivity index (χ4v) is 3.14. The lowest BCUT2D eigenvalue weighted by Crippen LogP contribution is -2.34. The zero-order valence-electron chi connectivity index (χ0n) is 14.2. The third-order valence-corrected chi connectivity index (χ3v) is 5.00. The molecule has 4 nitrogen and oxygen atoms in total. The van der Waals surface area contributed by atoms with Gasteiger partial charge >= 0.3 is 5.97 Å². The molecule has 0 spiro atoms. The first-order valence-corrected chi connectivity index (χ1v) is 8.43. The molecule has 1 aromatic carbocycles. The number of nitrogens with zero attached hydrogens (tertiary/aromatic N) is 1. The lowest BCUT2D eigenvalue weighted by Gasteiger charge is -2.26. The van der Waals surface area contributed by atoms with Crippen molar-refractivity contribution in [3.05, 3.63) is 47.7 Å². The quantitative estimate of drug-likeness (QED) is 0.904. The molecule has 126 valence electrons. The normalized spacial score (nSPS) is 20.5. The van der Waals surface area contributed by atoms with E-state index in [1.807, 2.05) is 30.3 Å². The van der Waals surface area contributed by atoms with E-state index in [9.17, 15) is 9.90 Å². The standard InChI is InChI=1S/C20H23NO3/c1-3-17-7-6-15-5-4-14(12-18(15)21-17)8-10-20(2,19(22)23)16-9-11-24-13-16/h4-8,10,12,16H,3,9,11,13H2,1-2H3,(H,22,23)/b10-8+. The van der Waals surface area contributed by atoms with Crippen LogP contribution < -0.4 is 0 Å². The van der Waals surface area contributed by atoms with Crippen molar-refractivity contribution in [3.63, 3.8) is 0 Å². The van der Waals surface area contributed by atoms with Gasteiger partial charge < -0.3 is 9.84 Å². The third kappa shape index (κ3) is 3.20. The number of carbonyl (C=O) groups is 1. The van der Waals surface area contributed by atoms with Crippen molar-refractivity contribution in [2.45, 2.75) is 26.7 Å². The van der Waals surface area contributed by atoms with Gasteiger partial charge in [-0.1, -0.05) is 37.3 Å². The molecule has 0 amide bonds. The Kier molecular flexibility index (Phi) is 4.67. The fourth-order valence-electron chi connectivity index (χ4n) is 3.14. The molecule has 1 saturated heterocycles. The molecule has 0 bridgehead atoms. The Bertz CT molecular complexity index is 778. The van der Waals surface area contributed by atoms with Gasteiger partial charge in [-0.3, -0.25) is 9.78 Å². The molecule has 1 aromatic heterocycles. The van der Waals surface area contributed by atoms with Gasteiger partial charge in [-0.2, -0.15) is 0 Å². The van der Waals surface area contributed by atoms with Crippen LogP contribution in [0.2, 0.25) is 0 Å². The van der Waals surface area contributed by atoms with Crippen molar-refractivity contribution < 1.29 is 14.6 Å². The van der Waals surface area contributed by atoms with Crippen LogP contribution in [-0.4, -0.2) is 29.3 Å². The smallest absolute Gasteiger partial charge is 0.313 e. The highest BCUT2D eigenvalue weighted by molar-refractivity contribution is 5.82. The molecule has 1 N–H and O–H groups in total. The SMILES string of the molecule is CCc1ccc2ccc(/C=C/C(C)(C(=O)O)C3CCOC3)cc2n1. The van der Waals surface area contributed by atoms with Crippen LogP contribution in [0.1, 0.15) is 31.5 Å². The average molecular weight is 325 g/mol. The van der Waals surface area contributed by atoms with E-state index in [1.165, 1.54) is 0 Å². The van der Waals surface area contributed by atoms with E-state index in [0.717, 1.165) is 35.0 Å². The summed E-state index contributed by atoms with van der Waals surface area (Å²) in [7, 11) is 0. The van der Waals surface area contributed by atoms with E-state index in [-0.39, 0.29) is 5.92 Å². The van der Waals surface area contributed by atoms with Crippen molar-refractivity contribution in [3.8, 4) is 0 Å². The number of hydrogen-bond donors (Lipinski definition) is 1. The summed E-state index contributed by atoms with van der Waals surface area (Å²) in [6.07, 6.45) is 5.38. The lowest BCUT2D eigenvalue weighted by molar-refractivity contribution is -0.147. The summed E-state index contributed by atoms with van der Waals surface area (Å²) >= 11 is 0. The number of aliphatic carboxylic acids is 1. The summed E-state index contributed by atoms with van der Waals surface area (Å²) in [6, 6.07) is 10.2. The number of aromatic nitrogens is 1. The number of ether oxygens (including phenoxy) is 1. The van der Waals surface area contributed by atoms with Crippen molar-refractivity contribution in [2.24, 2.45) is 11.3 Å². The molecule has 0 radical (unpaired) electrons. The molecular weight excluding hydrogens is 302 g/mol. The van der Waals surface area contributed by atoms with Crippen LogP contribution in [-0.2, 0) is 16.0 Å².